The SMILES string of the molecule is COC(=O)CNC(=O)C(c1ccc(O)cc1)N(C)C(=O)C(NC(=O)OC(C)(C)C)C(C)C. The normalized spacial score (nSPS) is 13.0. The fraction of sp³-hybridized carbons (Fsp3) is 0.545. The molecule has 2 unspecified atom stereocenters. The molecule has 1 aromatic rings. The van der Waals surface area contributed by atoms with Crippen LogP contribution >= 0.6 is 0 Å². The number of carbonyl (C=O) groups excluding carboxylic acids is 4. The lowest BCUT2D eigenvalue weighted by molar-refractivity contribution is -0.144. The lowest BCUT2D eigenvalue weighted by Crippen LogP contribution is -2.53. The van der Waals surface area contributed by atoms with E-state index in [4.69, 9.17) is 4.74 Å². The summed E-state index contributed by atoms with van der Waals surface area (Å²) in [5, 5.41) is 14.6. The maximum atomic E-state index is 13.3. The number of nitrogens with one attached hydrogen (secondary N) is 2. The smallest absolute Gasteiger partial charge is 0.408 e. The number of esters is 1. The van der Waals surface area contributed by atoms with Crippen LogP contribution in [0.25, 0.3) is 0 Å². The molecule has 10 nitrogen and oxygen atoms in total. The zero-order valence-corrected chi connectivity index (χ0v) is 19.6. The number of phenols is 1. The second-order valence-electron chi connectivity index (χ2n) is 8.61. The fourth-order valence-electron chi connectivity index (χ4n) is 2.83. The number of carbonyl (C=O) groups is 4. The van der Waals surface area contributed by atoms with Crippen LogP contribution in [-0.2, 0) is 23.9 Å². The first-order valence-corrected chi connectivity index (χ1v) is 10.2. The van der Waals surface area contributed by atoms with E-state index in [0.29, 0.717) is 5.56 Å². The van der Waals surface area contributed by atoms with Gasteiger partial charge in [0.05, 0.1) is 7.11 Å². The Morgan fingerprint density at radius 3 is 2.12 bits per heavy atom. The molecule has 32 heavy (non-hydrogen) atoms. The molecular weight excluding hydrogens is 418 g/mol. The minimum absolute atomic E-state index is 0.0110. The third-order valence-electron chi connectivity index (χ3n) is 4.43. The Hall–Kier alpha value is -3.30. The average Bonchev–Trinajstić information content (AvgIpc) is 2.69. The first-order chi connectivity index (χ1) is 14.8. The average molecular weight is 452 g/mol. The van der Waals surface area contributed by atoms with Crippen molar-refractivity contribution >= 4 is 23.9 Å². The minimum atomic E-state index is -1.13. The van der Waals surface area contributed by atoms with Crippen LogP contribution in [-0.4, -0.2) is 66.2 Å². The molecule has 10 heteroatoms. The highest BCUT2D eigenvalue weighted by Gasteiger charge is 2.35. The van der Waals surface area contributed by atoms with E-state index in [0.717, 1.165) is 0 Å². The van der Waals surface area contributed by atoms with Gasteiger partial charge in [-0.05, 0) is 44.4 Å². The van der Waals surface area contributed by atoms with Crippen molar-refractivity contribution in [2.75, 3.05) is 20.7 Å². The van der Waals surface area contributed by atoms with Gasteiger partial charge in [-0.25, -0.2) is 4.79 Å². The van der Waals surface area contributed by atoms with Crippen molar-refractivity contribution in [3.05, 3.63) is 29.8 Å². The number of nitrogens with zero attached hydrogens (tertiary/aromatic N) is 1. The van der Waals surface area contributed by atoms with Gasteiger partial charge in [0.25, 0.3) is 0 Å². The van der Waals surface area contributed by atoms with Gasteiger partial charge in [-0.3, -0.25) is 14.4 Å². The molecular formula is C22H33N3O7. The summed E-state index contributed by atoms with van der Waals surface area (Å²) >= 11 is 0. The Morgan fingerprint density at radius 2 is 1.66 bits per heavy atom. The molecule has 2 atom stereocenters. The van der Waals surface area contributed by atoms with Crippen LogP contribution in [0.1, 0.15) is 46.2 Å². The van der Waals surface area contributed by atoms with Crippen LogP contribution in [0.3, 0.4) is 0 Å². The molecule has 1 aromatic carbocycles. The van der Waals surface area contributed by atoms with Gasteiger partial charge in [0.15, 0.2) is 0 Å². The Morgan fingerprint density at radius 1 is 1.09 bits per heavy atom. The lowest BCUT2D eigenvalue weighted by atomic mass is 9.99. The van der Waals surface area contributed by atoms with Crippen LogP contribution in [0.15, 0.2) is 24.3 Å². The Balaban J connectivity index is 3.18. The number of aromatic hydroxyl groups is 1. The number of amides is 3. The summed E-state index contributed by atoms with van der Waals surface area (Å²) in [6, 6.07) is 3.65. The molecule has 0 heterocycles. The molecule has 0 aromatic heterocycles. The molecule has 3 N–H and O–H groups in total. The minimum Gasteiger partial charge on any atom is -0.508 e. The summed E-state index contributed by atoms with van der Waals surface area (Å²) in [5.74, 6) is -2.13. The molecule has 0 aliphatic rings. The van der Waals surface area contributed by atoms with Crippen LogP contribution in [0.4, 0.5) is 4.79 Å². The van der Waals surface area contributed by atoms with Crippen molar-refractivity contribution < 1.29 is 33.8 Å². The third-order valence-corrected chi connectivity index (χ3v) is 4.43. The zero-order valence-electron chi connectivity index (χ0n) is 19.6. The van der Waals surface area contributed by atoms with E-state index in [1.165, 1.54) is 43.3 Å². The summed E-state index contributed by atoms with van der Waals surface area (Å²) in [5.41, 5.74) is -0.344. The van der Waals surface area contributed by atoms with Crippen molar-refractivity contribution in [3.8, 4) is 5.75 Å². The van der Waals surface area contributed by atoms with Crippen LogP contribution in [0.2, 0.25) is 0 Å². The van der Waals surface area contributed by atoms with Gasteiger partial charge < -0.3 is 30.1 Å². The van der Waals surface area contributed by atoms with E-state index in [1.54, 1.807) is 34.6 Å². The molecule has 178 valence electrons. The predicted octanol–water partition coefficient (Wildman–Crippen LogP) is 1.73. The Labute approximate surface area is 188 Å². The van der Waals surface area contributed by atoms with E-state index in [9.17, 15) is 24.3 Å². The molecule has 0 aliphatic carbocycles. The van der Waals surface area contributed by atoms with E-state index in [2.05, 4.69) is 15.4 Å². The number of benzene rings is 1. The van der Waals surface area contributed by atoms with Crippen molar-refractivity contribution in [2.45, 2.75) is 52.3 Å². The summed E-state index contributed by atoms with van der Waals surface area (Å²) in [7, 11) is 2.61. The molecule has 0 radical (unpaired) electrons. The number of methoxy groups -OCH3 is 1. The second kappa shape index (κ2) is 11.4. The molecule has 0 aliphatic heterocycles. The van der Waals surface area contributed by atoms with E-state index in [1.807, 2.05) is 0 Å². The standard InChI is InChI=1S/C22H33N3O7/c1-13(2)17(24-21(30)32-22(3,4)5)20(29)25(6)18(14-8-10-15(26)11-9-14)19(28)23-12-16(27)31-7/h8-11,13,17-18,26H,12H2,1-7H3,(H,23,28)(H,24,30). The van der Waals surface area contributed by atoms with Gasteiger partial charge in [-0.2, -0.15) is 0 Å². The number of rotatable bonds is 8. The second-order valence-corrected chi connectivity index (χ2v) is 8.61. The zero-order chi connectivity index (χ0) is 24.6. The summed E-state index contributed by atoms with van der Waals surface area (Å²) in [6.07, 6.45) is -0.755. The summed E-state index contributed by atoms with van der Waals surface area (Å²) < 4.78 is 9.79. The van der Waals surface area contributed by atoms with Crippen molar-refractivity contribution in [1.29, 1.82) is 0 Å². The quantitative estimate of drug-likeness (QED) is 0.512. The number of phenolic OH excluding ortho intramolecular Hbond substituents is 1. The maximum absolute atomic E-state index is 13.3. The Kier molecular flexibility index (Phi) is 9.49. The van der Waals surface area contributed by atoms with Crippen LogP contribution in [0, 0.1) is 5.92 Å². The summed E-state index contributed by atoms with van der Waals surface area (Å²) in [6.45, 7) is 8.24. The topological polar surface area (TPSA) is 134 Å². The molecule has 0 saturated heterocycles. The maximum Gasteiger partial charge on any atom is 0.408 e. The third kappa shape index (κ3) is 8.09. The van der Waals surface area contributed by atoms with Crippen molar-refractivity contribution in [3.63, 3.8) is 0 Å². The van der Waals surface area contributed by atoms with Crippen molar-refractivity contribution in [2.24, 2.45) is 5.92 Å². The number of likely N-dealkylation sites (N-methyl/N-ethyl adjacent to an activating group) is 1. The monoisotopic (exact) mass is 451 g/mol. The number of hydrogen-bond donors (Lipinski definition) is 3. The molecule has 1 rings (SSSR count). The first kappa shape index (κ1) is 26.7. The molecule has 0 fully saturated rings. The van der Waals surface area contributed by atoms with E-state index < -0.39 is 41.6 Å². The first-order valence-electron chi connectivity index (χ1n) is 10.2. The van der Waals surface area contributed by atoms with Crippen LogP contribution in [0.5, 0.6) is 5.75 Å². The lowest BCUT2D eigenvalue weighted by Gasteiger charge is -2.33. The van der Waals surface area contributed by atoms with Gasteiger partial charge >= 0.3 is 12.1 Å². The summed E-state index contributed by atoms with van der Waals surface area (Å²) in [4.78, 5) is 51.1. The molecule has 0 bridgehead atoms. The van der Waals surface area contributed by atoms with Gasteiger partial charge in [-0.1, -0.05) is 26.0 Å². The Bertz CT molecular complexity index is 816. The molecule has 0 saturated carbocycles. The number of ether oxygens (including phenoxy) is 2. The molecule has 3 amide bonds. The largest absolute Gasteiger partial charge is 0.508 e. The number of alkyl carbamates (subject to hydrolysis) is 1. The fourth-order valence-corrected chi connectivity index (χ4v) is 2.83. The predicted molar refractivity (Wildman–Crippen MR) is 117 cm³/mol. The highest BCUT2D eigenvalue weighted by atomic mass is 16.6. The van der Waals surface area contributed by atoms with Gasteiger partial charge in [0.1, 0.15) is 30.0 Å². The molecule has 0 spiro atoms. The van der Waals surface area contributed by atoms with Crippen LogP contribution < -0.4 is 10.6 Å². The number of hydrogen-bond acceptors (Lipinski definition) is 7. The van der Waals surface area contributed by atoms with Gasteiger partial charge in [-0.15, -0.1) is 0 Å². The van der Waals surface area contributed by atoms with Gasteiger partial charge in [0, 0.05) is 7.05 Å². The van der Waals surface area contributed by atoms with Crippen molar-refractivity contribution in [1.82, 2.24) is 15.5 Å². The highest BCUT2D eigenvalue weighted by Crippen LogP contribution is 2.24. The highest BCUT2D eigenvalue weighted by molar-refractivity contribution is 5.93. The van der Waals surface area contributed by atoms with E-state index in [-0.39, 0.29) is 18.2 Å². The van der Waals surface area contributed by atoms with Gasteiger partial charge in [0.2, 0.25) is 11.8 Å². The van der Waals surface area contributed by atoms with E-state index >= 15 is 0 Å².